The highest BCUT2D eigenvalue weighted by molar-refractivity contribution is 6.60. The second-order valence-electron chi connectivity index (χ2n) is 4.68. The first-order chi connectivity index (χ1) is 10.2. The molecule has 7 heteroatoms. The maximum atomic E-state index is 5.87. The zero-order valence-electron chi connectivity index (χ0n) is 13.9. The number of halogens is 1. The van der Waals surface area contributed by atoms with Crippen molar-refractivity contribution in [3.63, 3.8) is 0 Å². The molecule has 0 saturated heterocycles. The molecule has 0 aliphatic carbocycles. The van der Waals surface area contributed by atoms with Crippen LogP contribution in [0.4, 0.5) is 0 Å². The highest BCUT2D eigenvalue weighted by Crippen LogP contribution is 2.19. The van der Waals surface area contributed by atoms with E-state index in [9.17, 15) is 0 Å². The summed E-state index contributed by atoms with van der Waals surface area (Å²) in [7, 11) is -2.51. The normalized spacial score (nSPS) is 11.2. The van der Waals surface area contributed by atoms with Gasteiger partial charge in [0, 0.05) is 32.3 Å². The van der Waals surface area contributed by atoms with Crippen molar-refractivity contribution in [2.75, 3.05) is 19.8 Å². The summed E-state index contributed by atoms with van der Waals surface area (Å²) in [6.45, 7) is 12.5. The second kappa shape index (κ2) is 11.8. The number of aromatic amines is 1. The number of rotatable bonds is 12. The molecule has 0 spiro atoms. The Labute approximate surface area is 141 Å². The van der Waals surface area contributed by atoms with Crippen molar-refractivity contribution >= 4 is 8.80 Å². The monoisotopic (exact) mass is 348 g/mol. The van der Waals surface area contributed by atoms with Gasteiger partial charge in [-0.15, -0.1) is 0 Å². The second-order valence-corrected chi connectivity index (χ2v) is 7.42. The van der Waals surface area contributed by atoms with Crippen molar-refractivity contribution in [2.45, 2.75) is 46.2 Å². The number of aromatic nitrogens is 2. The molecule has 0 bridgehead atoms. The number of hydrogen-bond donors (Lipinski definition) is 1. The molecule has 0 fully saturated rings. The predicted octanol–water partition coefficient (Wildman–Crippen LogP) is -0.527. The maximum absolute atomic E-state index is 5.87. The van der Waals surface area contributed by atoms with Crippen LogP contribution in [0.2, 0.25) is 6.04 Å². The lowest BCUT2D eigenvalue weighted by atomic mass is 10.3. The van der Waals surface area contributed by atoms with Gasteiger partial charge in [-0.3, -0.25) is 0 Å². The van der Waals surface area contributed by atoms with Crippen LogP contribution >= 0.6 is 0 Å². The fourth-order valence-corrected chi connectivity index (χ4v) is 5.01. The summed E-state index contributed by atoms with van der Waals surface area (Å²) >= 11 is 0. The Morgan fingerprint density at radius 3 is 2.27 bits per heavy atom. The number of imidazole rings is 1. The summed E-state index contributed by atoms with van der Waals surface area (Å²) in [5.41, 5.74) is 0. The van der Waals surface area contributed by atoms with Gasteiger partial charge in [-0.2, -0.15) is 0 Å². The third kappa shape index (κ3) is 6.62. The highest BCUT2D eigenvalue weighted by atomic mass is 35.5. The molecule has 1 aromatic rings. The third-order valence-corrected chi connectivity index (χ3v) is 6.32. The first-order valence-corrected chi connectivity index (χ1v) is 9.73. The van der Waals surface area contributed by atoms with E-state index in [0.717, 1.165) is 25.4 Å². The van der Waals surface area contributed by atoms with Gasteiger partial charge in [0.15, 0.2) is 0 Å². The standard InChI is InChI=1S/C15H28N2O3Si.ClH/c1-5-12-17-13-11-16-15(17)10-9-14-21(18-6-2,19-7-3)20-8-4;/h5,11,13H,1,6-10,12,14H2,2-4H3;1H. The van der Waals surface area contributed by atoms with Crippen LogP contribution in [0.5, 0.6) is 0 Å². The van der Waals surface area contributed by atoms with E-state index >= 15 is 0 Å². The van der Waals surface area contributed by atoms with Crippen LogP contribution in [-0.2, 0) is 26.2 Å². The van der Waals surface area contributed by atoms with Crippen LogP contribution in [0.3, 0.4) is 0 Å². The molecule has 1 rings (SSSR count). The molecular weight excluding hydrogens is 320 g/mol. The molecule has 0 amide bonds. The molecule has 1 heterocycles. The number of nitrogens with zero attached hydrogens (tertiary/aromatic N) is 1. The Balaban J connectivity index is 0.00000441. The summed E-state index contributed by atoms with van der Waals surface area (Å²) in [6, 6.07) is 0.843. The Bertz CT molecular complexity index is 398. The molecular formula is C15H29ClN2O3Si. The van der Waals surface area contributed by atoms with E-state index in [4.69, 9.17) is 13.3 Å². The molecule has 0 radical (unpaired) electrons. The molecule has 1 aromatic heterocycles. The summed E-state index contributed by atoms with van der Waals surface area (Å²) in [5, 5.41) is 0. The predicted molar refractivity (Wildman–Crippen MR) is 84.9 cm³/mol. The number of nitrogens with one attached hydrogen (secondary N) is 1. The minimum absolute atomic E-state index is 0. The van der Waals surface area contributed by atoms with Crippen molar-refractivity contribution in [3.05, 3.63) is 30.9 Å². The molecule has 128 valence electrons. The van der Waals surface area contributed by atoms with Crippen LogP contribution in [0, 0.1) is 0 Å². The minimum atomic E-state index is -2.51. The Morgan fingerprint density at radius 2 is 1.77 bits per heavy atom. The van der Waals surface area contributed by atoms with Gasteiger partial charge >= 0.3 is 8.80 Å². The minimum Gasteiger partial charge on any atom is -1.00 e. The summed E-state index contributed by atoms with van der Waals surface area (Å²) in [5.74, 6) is 1.20. The lowest BCUT2D eigenvalue weighted by Crippen LogP contribution is -3.00. The number of aryl methyl sites for hydroxylation is 1. The van der Waals surface area contributed by atoms with Crippen LogP contribution in [-0.4, -0.2) is 33.6 Å². The largest absolute Gasteiger partial charge is 1.00 e. The van der Waals surface area contributed by atoms with Crippen molar-refractivity contribution < 1.29 is 30.3 Å². The fraction of sp³-hybridized carbons (Fsp3) is 0.667. The molecule has 0 aromatic carbocycles. The zero-order chi connectivity index (χ0) is 15.6. The van der Waals surface area contributed by atoms with E-state index in [0.29, 0.717) is 19.8 Å². The molecule has 0 aliphatic heterocycles. The van der Waals surface area contributed by atoms with Gasteiger partial charge in [0.2, 0.25) is 0 Å². The lowest BCUT2D eigenvalue weighted by Gasteiger charge is -2.28. The van der Waals surface area contributed by atoms with Crippen LogP contribution in [0.1, 0.15) is 33.0 Å². The molecule has 0 atom stereocenters. The first kappa shape index (κ1) is 21.3. The quantitative estimate of drug-likeness (QED) is 0.314. The van der Waals surface area contributed by atoms with Gasteiger partial charge in [-0.25, -0.2) is 9.55 Å². The molecule has 5 nitrogen and oxygen atoms in total. The average molecular weight is 349 g/mol. The summed E-state index contributed by atoms with van der Waals surface area (Å²) < 4.78 is 19.8. The molecule has 0 unspecified atom stereocenters. The van der Waals surface area contributed by atoms with Crippen LogP contribution < -0.4 is 17.0 Å². The molecule has 22 heavy (non-hydrogen) atoms. The van der Waals surface area contributed by atoms with E-state index < -0.39 is 8.80 Å². The van der Waals surface area contributed by atoms with Gasteiger partial charge in [-0.1, -0.05) is 12.7 Å². The molecule has 0 saturated carbocycles. The smallest absolute Gasteiger partial charge is 0.500 e. The van der Waals surface area contributed by atoms with Gasteiger partial charge in [0.1, 0.15) is 18.9 Å². The van der Waals surface area contributed by atoms with E-state index in [1.54, 1.807) is 0 Å². The Kier molecular flexibility index (Phi) is 11.5. The van der Waals surface area contributed by atoms with Gasteiger partial charge in [0.25, 0.3) is 5.82 Å². The maximum Gasteiger partial charge on any atom is 0.500 e. The number of allylic oxidation sites excluding steroid dienone is 1. The highest BCUT2D eigenvalue weighted by Gasteiger charge is 2.39. The Hall–Kier alpha value is -0.663. The molecule has 0 aliphatic rings. The summed E-state index contributed by atoms with van der Waals surface area (Å²) in [4.78, 5) is 3.28. The van der Waals surface area contributed by atoms with Crippen molar-refractivity contribution in [1.82, 2.24) is 4.98 Å². The number of hydrogen-bond acceptors (Lipinski definition) is 3. The van der Waals surface area contributed by atoms with Gasteiger partial charge in [0.05, 0.1) is 0 Å². The molecule has 1 N–H and O–H groups in total. The Morgan fingerprint density at radius 1 is 1.18 bits per heavy atom. The zero-order valence-corrected chi connectivity index (χ0v) is 15.7. The first-order valence-electron chi connectivity index (χ1n) is 7.79. The van der Waals surface area contributed by atoms with Crippen molar-refractivity contribution in [3.8, 4) is 0 Å². The van der Waals surface area contributed by atoms with Crippen LogP contribution in [0.25, 0.3) is 0 Å². The third-order valence-electron chi connectivity index (χ3n) is 3.17. The van der Waals surface area contributed by atoms with Crippen molar-refractivity contribution in [2.24, 2.45) is 0 Å². The average Bonchev–Trinajstić information content (AvgIpc) is 2.88. The van der Waals surface area contributed by atoms with Crippen LogP contribution in [0.15, 0.2) is 25.0 Å². The lowest BCUT2D eigenvalue weighted by molar-refractivity contribution is -0.693. The van der Waals surface area contributed by atoms with E-state index in [1.807, 2.05) is 39.2 Å². The fourth-order valence-electron chi connectivity index (χ4n) is 2.40. The van der Waals surface area contributed by atoms with E-state index in [1.165, 1.54) is 5.82 Å². The van der Waals surface area contributed by atoms with Gasteiger partial charge < -0.3 is 25.7 Å². The summed E-state index contributed by atoms with van der Waals surface area (Å²) in [6.07, 6.45) is 7.82. The van der Waals surface area contributed by atoms with E-state index in [2.05, 4.69) is 16.1 Å². The SMILES string of the molecule is C=CC[n+]1cc[nH]c1CCC[Si](OCC)(OCC)OCC.[Cl-]. The van der Waals surface area contributed by atoms with E-state index in [-0.39, 0.29) is 12.4 Å². The van der Waals surface area contributed by atoms with Crippen molar-refractivity contribution in [1.29, 1.82) is 0 Å². The topological polar surface area (TPSA) is 47.4 Å². The number of H-pyrrole nitrogens is 1. The van der Waals surface area contributed by atoms with Gasteiger partial charge in [-0.05, 0) is 27.2 Å².